The Balaban J connectivity index is 1.94. The summed E-state index contributed by atoms with van der Waals surface area (Å²) in [5, 5.41) is 11.4. The van der Waals surface area contributed by atoms with E-state index in [4.69, 9.17) is 9.84 Å². The van der Waals surface area contributed by atoms with Gasteiger partial charge in [-0.25, -0.2) is 0 Å². The summed E-state index contributed by atoms with van der Waals surface area (Å²) >= 11 is 0. The number of nitrogens with one attached hydrogen (secondary N) is 1. The van der Waals surface area contributed by atoms with Crippen molar-refractivity contribution in [3.05, 3.63) is 59.7 Å². The Kier molecular flexibility index (Phi) is 5.81. The van der Waals surface area contributed by atoms with Gasteiger partial charge in [-0.1, -0.05) is 24.3 Å². The first-order valence-electron chi connectivity index (χ1n) is 7.19. The number of aliphatic hydroxyl groups is 1. The Morgan fingerprint density at radius 1 is 1.08 bits per heavy atom. The van der Waals surface area contributed by atoms with E-state index in [-0.39, 0.29) is 6.61 Å². The Hall–Kier alpha value is -2.54. The van der Waals surface area contributed by atoms with E-state index in [1.165, 1.54) is 18.2 Å². The van der Waals surface area contributed by atoms with Crippen LogP contribution in [0.4, 0.5) is 18.9 Å². The third-order valence-corrected chi connectivity index (χ3v) is 3.19. The SMILES string of the molecule is O=C(COc1ccccc1C(F)(F)F)Nc1ccc(CCO)cc1. The summed E-state index contributed by atoms with van der Waals surface area (Å²) in [5.41, 5.74) is 0.478. The minimum absolute atomic E-state index is 0.0260. The van der Waals surface area contributed by atoms with Crippen LogP contribution in [-0.2, 0) is 17.4 Å². The van der Waals surface area contributed by atoms with E-state index < -0.39 is 30.0 Å². The maximum Gasteiger partial charge on any atom is 0.419 e. The van der Waals surface area contributed by atoms with Crippen LogP contribution in [0.1, 0.15) is 11.1 Å². The molecule has 1 amide bonds. The lowest BCUT2D eigenvalue weighted by Crippen LogP contribution is -2.21. The molecule has 0 aliphatic heterocycles. The number of ether oxygens (including phenoxy) is 1. The Morgan fingerprint density at radius 2 is 1.75 bits per heavy atom. The van der Waals surface area contributed by atoms with Gasteiger partial charge in [-0.15, -0.1) is 0 Å². The van der Waals surface area contributed by atoms with Gasteiger partial charge in [0.1, 0.15) is 5.75 Å². The Labute approximate surface area is 136 Å². The van der Waals surface area contributed by atoms with Crippen LogP contribution < -0.4 is 10.1 Å². The van der Waals surface area contributed by atoms with Crippen molar-refractivity contribution in [3.63, 3.8) is 0 Å². The molecule has 0 aliphatic rings. The second-order valence-electron chi connectivity index (χ2n) is 5.00. The van der Waals surface area contributed by atoms with Gasteiger partial charge in [-0.2, -0.15) is 13.2 Å². The summed E-state index contributed by atoms with van der Waals surface area (Å²) in [6.07, 6.45) is -4.04. The highest BCUT2D eigenvalue weighted by atomic mass is 19.4. The van der Waals surface area contributed by atoms with Crippen molar-refractivity contribution >= 4 is 11.6 Å². The van der Waals surface area contributed by atoms with Gasteiger partial charge in [-0.05, 0) is 36.2 Å². The highest BCUT2D eigenvalue weighted by Crippen LogP contribution is 2.35. The number of anilines is 1. The minimum atomic E-state index is -4.55. The molecule has 24 heavy (non-hydrogen) atoms. The highest BCUT2D eigenvalue weighted by molar-refractivity contribution is 5.91. The summed E-state index contributed by atoms with van der Waals surface area (Å²) in [6.45, 7) is -0.510. The number of alkyl halides is 3. The summed E-state index contributed by atoms with van der Waals surface area (Å²) in [5.74, 6) is -0.958. The molecule has 2 aromatic rings. The summed E-state index contributed by atoms with van der Waals surface area (Å²) in [7, 11) is 0. The molecule has 4 nitrogen and oxygen atoms in total. The largest absolute Gasteiger partial charge is 0.483 e. The number of rotatable bonds is 6. The van der Waals surface area contributed by atoms with Gasteiger partial charge in [0.25, 0.3) is 5.91 Å². The molecule has 7 heteroatoms. The van der Waals surface area contributed by atoms with E-state index in [1.54, 1.807) is 24.3 Å². The lowest BCUT2D eigenvalue weighted by atomic mass is 10.1. The highest BCUT2D eigenvalue weighted by Gasteiger charge is 2.34. The topological polar surface area (TPSA) is 58.6 Å². The van der Waals surface area contributed by atoms with Crippen LogP contribution in [0.2, 0.25) is 0 Å². The quantitative estimate of drug-likeness (QED) is 0.849. The molecular formula is C17H16F3NO3. The fourth-order valence-corrected chi connectivity index (χ4v) is 2.05. The summed E-state index contributed by atoms with van der Waals surface area (Å²) < 4.78 is 43.5. The fourth-order valence-electron chi connectivity index (χ4n) is 2.05. The first-order valence-corrected chi connectivity index (χ1v) is 7.19. The molecule has 0 radical (unpaired) electrons. The van der Waals surface area contributed by atoms with Crippen LogP contribution in [0.15, 0.2) is 48.5 Å². The molecule has 0 heterocycles. The number of benzene rings is 2. The molecule has 0 atom stereocenters. The second-order valence-corrected chi connectivity index (χ2v) is 5.00. The predicted octanol–water partition coefficient (Wildman–Crippen LogP) is 3.26. The summed E-state index contributed by atoms with van der Waals surface area (Å²) in [4.78, 5) is 11.8. The van der Waals surface area contributed by atoms with Crippen molar-refractivity contribution in [1.29, 1.82) is 0 Å². The van der Waals surface area contributed by atoms with E-state index in [0.29, 0.717) is 12.1 Å². The monoisotopic (exact) mass is 339 g/mol. The zero-order chi connectivity index (χ0) is 17.6. The number of para-hydroxylation sites is 1. The van der Waals surface area contributed by atoms with E-state index >= 15 is 0 Å². The molecule has 2 N–H and O–H groups in total. The number of hydrogen-bond acceptors (Lipinski definition) is 3. The standard InChI is InChI=1S/C17H16F3NO3/c18-17(19,20)14-3-1-2-4-15(14)24-11-16(23)21-13-7-5-12(6-8-13)9-10-22/h1-8,22H,9-11H2,(H,21,23). The lowest BCUT2D eigenvalue weighted by Gasteiger charge is -2.13. The maximum absolute atomic E-state index is 12.8. The number of amides is 1. The van der Waals surface area contributed by atoms with Gasteiger partial charge >= 0.3 is 6.18 Å². The number of halogens is 3. The van der Waals surface area contributed by atoms with Crippen molar-refractivity contribution in [2.75, 3.05) is 18.5 Å². The molecule has 0 aromatic heterocycles. The summed E-state index contributed by atoms with van der Waals surface area (Å²) in [6, 6.07) is 11.5. The van der Waals surface area contributed by atoms with Gasteiger partial charge in [0.2, 0.25) is 0 Å². The van der Waals surface area contributed by atoms with Crippen LogP contribution in [-0.4, -0.2) is 24.2 Å². The van der Waals surface area contributed by atoms with E-state index in [0.717, 1.165) is 11.6 Å². The van der Waals surface area contributed by atoms with Crippen molar-refractivity contribution in [3.8, 4) is 5.75 Å². The maximum atomic E-state index is 12.8. The molecule has 0 saturated carbocycles. The van der Waals surface area contributed by atoms with E-state index in [2.05, 4.69) is 5.32 Å². The first-order chi connectivity index (χ1) is 11.4. The van der Waals surface area contributed by atoms with Gasteiger partial charge < -0.3 is 15.2 Å². The number of carbonyl (C=O) groups is 1. The third kappa shape index (κ3) is 4.99. The van der Waals surface area contributed by atoms with Crippen LogP contribution >= 0.6 is 0 Å². The number of hydrogen-bond donors (Lipinski definition) is 2. The molecule has 0 aliphatic carbocycles. The van der Waals surface area contributed by atoms with Crippen LogP contribution in [0, 0.1) is 0 Å². The van der Waals surface area contributed by atoms with Crippen molar-refractivity contribution in [2.45, 2.75) is 12.6 Å². The molecule has 0 unspecified atom stereocenters. The molecular weight excluding hydrogens is 323 g/mol. The minimum Gasteiger partial charge on any atom is -0.483 e. The first kappa shape index (κ1) is 17.8. The van der Waals surface area contributed by atoms with Crippen molar-refractivity contribution < 1.29 is 27.8 Å². The zero-order valence-corrected chi connectivity index (χ0v) is 12.6. The molecule has 2 aromatic carbocycles. The molecule has 0 saturated heterocycles. The van der Waals surface area contributed by atoms with E-state index in [1.807, 2.05) is 0 Å². The molecule has 2 rings (SSSR count). The number of aliphatic hydroxyl groups excluding tert-OH is 1. The van der Waals surface area contributed by atoms with Crippen LogP contribution in [0.5, 0.6) is 5.75 Å². The Morgan fingerprint density at radius 3 is 2.38 bits per heavy atom. The normalized spacial score (nSPS) is 11.2. The van der Waals surface area contributed by atoms with Gasteiger partial charge in [0.05, 0.1) is 5.56 Å². The molecule has 0 fully saturated rings. The smallest absolute Gasteiger partial charge is 0.419 e. The van der Waals surface area contributed by atoms with Crippen molar-refractivity contribution in [1.82, 2.24) is 0 Å². The van der Waals surface area contributed by atoms with Crippen molar-refractivity contribution in [2.24, 2.45) is 0 Å². The Bertz CT molecular complexity index is 684. The zero-order valence-electron chi connectivity index (χ0n) is 12.6. The van der Waals surface area contributed by atoms with E-state index in [9.17, 15) is 18.0 Å². The molecule has 0 spiro atoms. The van der Waals surface area contributed by atoms with Crippen LogP contribution in [0.3, 0.4) is 0 Å². The average Bonchev–Trinajstić information content (AvgIpc) is 2.54. The third-order valence-electron chi connectivity index (χ3n) is 3.19. The predicted molar refractivity (Wildman–Crippen MR) is 82.8 cm³/mol. The number of carbonyl (C=O) groups excluding carboxylic acids is 1. The average molecular weight is 339 g/mol. The molecule has 0 bridgehead atoms. The van der Waals surface area contributed by atoms with Gasteiger partial charge in [0, 0.05) is 12.3 Å². The van der Waals surface area contributed by atoms with Crippen LogP contribution in [0.25, 0.3) is 0 Å². The fraction of sp³-hybridized carbons (Fsp3) is 0.235. The van der Waals surface area contributed by atoms with Gasteiger partial charge in [-0.3, -0.25) is 4.79 Å². The lowest BCUT2D eigenvalue weighted by molar-refractivity contribution is -0.139. The molecule has 128 valence electrons. The second kappa shape index (κ2) is 7.83. The van der Waals surface area contributed by atoms with Gasteiger partial charge in [0.15, 0.2) is 6.61 Å².